The molecular weight excluding hydrogens is 761 g/mol. The lowest BCUT2D eigenvalue weighted by atomic mass is 9.74. The van der Waals surface area contributed by atoms with Crippen LogP contribution in [0, 0.1) is 5.92 Å². The van der Waals surface area contributed by atoms with Gasteiger partial charge in [-0.05, 0) is 36.5 Å². The Labute approximate surface area is 317 Å². The number of ether oxygens (including phenoxy) is 1. The molecule has 6 N–H and O–H groups in total. The number of nitrogens with zero attached hydrogens (tertiary/aromatic N) is 3. The summed E-state index contributed by atoms with van der Waals surface area (Å²) >= 11 is 0. The Bertz CT molecular complexity index is 1910. The van der Waals surface area contributed by atoms with Crippen molar-refractivity contribution >= 4 is 51.8 Å². The van der Waals surface area contributed by atoms with E-state index in [1.165, 1.54) is 30.5 Å². The molecule has 55 heavy (non-hydrogen) atoms. The lowest BCUT2D eigenvalue weighted by Gasteiger charge is -2.25. The maximum absolute atomic E-state index is 13.8. The Morgan fingerprint density at radius 2 is 1.67 bits per heavy atom. The van der Waals surface area contributed by atoms with Gasteiger partial charge in [0, 0.05) is 45.5 Å². The lowest BCUT2D eigenvalue weighted by Crippen LogP contribution is -2.57. The molecule has 4 atom stereocenters. The van der Waals surface area contributed by atoms with E-state index in [0.29, 0.717) is 17.9 Å². The number of hydrogen-bond acceptors (Lipinski definition) is 12. The average Bonchev–Trinajstić information content (AvgIpc) is 3.58. The van der Waals surface area contributed by atoms with E-state index < -0.39 is 70.1 Å². The molecule has 296 valence electrons. The first-order chi connectivity index (χ1) is 26.0. The number of aromatic nitrogens is 2. The molecule has 1 aromatic heterocycles. The normalized spacial score (nSPS) is 14.9. The third-order valence-corrected chi connectivity index (χ3v) is 11.9. The first kappa shape index (κ1) is 42.9. The van der Waals surface area contributed by atoms with Crippen molar-refractivity contribution in [3.8, 4) is 11.5 Å². The second-order valence-electron chi connectivity index (χ2n) is 12.8. The zero-order chi connectivity index (χ0) is 40.3. The Kier molecular flexibility index (Phi) is 14.9. The van der Waals surface area contributed by atoms with Gasteiger partial charge >= 0.3 is 28.4 Å². The molecule has 0 saturated heterocycles. The molecule has 0 radical (unpaired) electrons. The van der Waals surface area contributed by atoms with Gasteiger partial charge < -0.3 is 49.2 Å². The third kappa shape index (κ3) is 12.3. The molecule has 2 aromatic carbocycles. The van der Waals surface area contributed by atoms with Gasteiger partial charge in [0.25, 0.3) is 5.91 Å². The van der Waals surface area contributed by atoms with Crippen LogP contribution < -0.4 is 30.2 Å². The summed E-state index contributed by atoms with van der Waals surface area (Å²) in [6, 6.07) is 12.9. The Morgan fingerprint density at radius 3 is 2.31 bits per heavy atom. The van der Waals surface area contributed by atoms with Crippen LogP contribution in [-0.4, -0.2) is 93.9 Å². The van der Waals surface area contributed by atoms with Crippen LogP contribution in [0.1, 0.15) is 49.2 Å². The molecule has 2 heterocycles. The molecule has 4 amide bonds. The largest absolute Gasteiger partial charge is 0.618 e. The lowest BCUT2D eigenvalue weighted by molar-refractivity contribution is -0.123. The summed E-state index contributed by atoms with van der Waals surface area (Å²) in [4.78, 5) is 89.4. The van der Waals surface area contributed by atoms with Crippen LogP contribution in [0.25, 0.3) is 0 Å². The first-order valence-electron chi connectivity index (χ1n) is 17.0. The minimum Gasteiger partial charge on any atom is -0.522 e. The predicted octanol–water partition coefficient (Wildman–Crippen LogP) is 2.61. The highest BCUT2D eigenvalue weighted by atomic mass is 31.2. The summed E-state index contributed by atoms with van der Waals surface area (Å²) in [7, 11) is -8.86. The SMILES string of the molecule is COP(=O)(O)C(NC(=O)CCCOC(=O)N(C)c1ccc2c(c1)OB([C@@H](CC(C)C)NC(=O)[C@@H](Cc1ccccc1)NC(=O)c1cnccn1)O2)P(=O)(O)O. The highest BCUT2D eigenvalue weighted by molar-refractivity contribution is 7.71. The van der Waals surface area contributed by atoms with Crippen LogP contribution in [0.4, 0.5) is 10.5 Å². The van der Waals surface area contributed by atoms with Crippen LogP contribution in [0.5, 0.6) is 11.5 Å². The van der Waals surface area contributed by atoms with Crippen LogP contribution in [0.2, 0.25) is 0 Å². The highest BCUT2D eigenvalue weighted by Gasteiger charge is 2.46. The Morgan fingerprint density at radius 1 is 0.964 bits per heavy atom. The molecule has 1 aliphatic heterocycles. The van der Waals surface area contributed by atoms with Crippen molar-refractivity contribution in [2.45, 2.75) is 57.0 Å². The molecule has 4 rings (SSSR count). The average molecular weight is 804 g/mol. The van der Waals surface area contributed by atoms with Crippen LogP contribution in [0.3, 0.4) is 0 Å². The number of rotatable bonds is 18. The number of fused-ring (bicyclic) bond motifs is 1. The van der Waals surface area contributed by atoms with E-state index in [2.05, 4.69) is 25.1 Å². The number of nitrogens with one attached hydrogen (secondary N) is 3. The number of carbonyl (C=O) groups is 4. The zero-order valence-electron chi connectivity index (χ0n) is 30.4. The van der Waals surface area contributed by atoms with E-state index in [9.17, 15) is 43.0 Å². The maximum Gasteiger partial charge on any atom is 0.618 e. The van der Waals surface area contributed by atoms with Gasteiger partial charge in [-0.2, -0.15) is 0 Å². The summed E-state index contributed by atoms with van der Waals surface area (Å²) < 4.78 is 45.3. The fourth-order valence-electron chi connectivity index (χ4n) is 5.34. The third-order valence-electron chi connectivity index (χ3n) is 8.11. The summed E-state index contributed by atoms with van der Waals surface area (Å²) in [5.41, 5.74) is -1.23. The number of benzene rings is 2. The number of amides is 4. The molecule has 0 saturated carbocycles. The van der Waals surface area contributed by atoms with Gasteiger partial charge in [-0.25, -0.2) is 9.78 Å². The molecule has 1 aliphatic rings. The molecule has 2 unspecified atom stereocenters. The maximum atomic E-state index is 13.8. The van der Waals surface area contributed by atoms with Gasteiger partial charge in [-0.3, -0.25) is 33.4 Å². The van der Waals surface area contributed by atoms with Crippen molar-refractivity contribution in [2.75, 3.05) is 25.7 Å². The van der Waals surface area contributed by atoms with Crippen molar-refractivity contribution in [1.82, 2.24) is 25.9 Å². The smallest absolute Gasteiger partial charge is 0.522 e. The van der Waals surface area contributed by atoms with E-state index in [0.717, 1.165) is 12.7 Å². The van der Waals surface area contributed by atoms with Gasteiger partial charge in [-0.1, -0.05) is 44.2 Å². The van der Waals surface area contributed by atoms with Crippen molar-refractivity contribution in [2.24, 2.45) is 5.92 Å². The molecule has 0 fully saturated rings. The molecule has 3 aromatic rings. The van der Waals surface area contributed by atoms with Crippen molar-refractivity contribution in [3.05, 3.63) is 78.4 Å². The van der Waals surface area contributed by atoms with E-state index >= 15 is 0 Å². The van der Waals surface area contributed by atoms with E-state index in [-0.39, 0.29) is 36.8 Å². The van der Waals surface area contributed by atoms with Crippen LogP contribution in [-0.2, 0) is 34.4 Å². The minimum absolute atomic E-state index is 0.0522. The number of anilines is 1. The number of carbonyl (C=O) groups excluding carboxylic acids is 4. The Hall–Kier alpha value is -4.84. The summed E-state index contributed by atoms with van der Waals surface area (Å²) in [5, 5.41) is 7.57. The topological polar surface area (TPSA) is 265 Å². The van der Waals surface area contributed by atoms with Crippen molar-refractivity contribution in [3.63, 3.8) is 0 Å². The molecule has 0 spiro atoms. The molecule has 0 bridgehead atoms. The van der Waals surface area contributed by atoms with E-state index in [1.54, 1.807) is 18.2 Å². The monoisotopic (exact) mass is 804 g/mol. The standard InChI is InChI=1S/C33H43BN6O13P2/c1-21(2)17-28(38-30(42)24(18-22-9-6-5-7-10-22)37-31(43)25-20-35-14-15-36-25)34-52-26-13-12-23(19-27(26)53-34)40(3)33(44)51-16-8-11-29(41)39-32(54(45,46)47)55(48,49)50-4/h5-7,9-10,12-15,19-21,24,28,32H,8,11,16-18H2,1-4H3,(H,37,43)(H,38,42)(H,39,41)(H,48,49)(H2,45,46,47)/t24-,28-,32?/m1/s1. The van der Waals surface area contributed by atoms with Gasteiger partial charge in [0.05, 0.1) is 24.4 Å². The number of hydrogen-bond donors (Lipinski definition) is 6. The summed E-state index contributed by atoms with van der Waals surface area (Å²) in [6.07, 6.45) is 3.48. The Balaban J connectivity index is 1.36. The fourth-order valence-corrected chi connectivity index (χ4v) is 7.96. The highest BCUT2D eigenvalue weighted by Crippen LogP contribution is 2.61. The van der Waals surface area contributed by atoms with E-state index in [1.807, 2.05) is 49.5 Å². The van der Waals surface area contributed by atoms with Gasteiger partial charge in [-0.15, -0.1) is 0 Å². The van der Waals surface area contributed by atoms with Gasteiger partial charge in [0.1, 0.15) is 23.2 Å². The zero-order valence-corrected chi connectivity index (χ0v) is 32.2. The quantitative estimate of drug-likeness (QED) is 0.0613. The van der Waals surface area contributed by atoms with E-state index in [4.69, 9.17) is 14.0 Å². The van der Waals surface area contributed by atoms with Gasteiger partial charge in [0.15, 0.2) is 0 Å². The summed E-state index contributed by atoms with van der Waals surface area (Å²) in [5.74, 6) is -1.93. The predicted molar refractivity (Wildman–Crippen MR) is 198 cm³/mol. The second kappa shape index (κ2) is 19.2. The fraction of sp³-hybridized carbons (Fsp3) is 0.394. The van der Waals surface area contributed by atoms with Crippen LogP contribution >= 0.6 is 15.2 Å². The van der Waals surface area contributed by atoms with Crippen molar-refractivity contribution < 1.29 is 61.6 Å². The molecular formula is C33H43BN6O13P2. The molecule has 22 heteroatoms. The van der Waals surface area contributed by atoms with Crippen molar-refractivity contribution in [1.29, 1.82) is 0 Å². The minimum atomic E-state index is -5.25. The molecule has 0 aliphatic carbocycles. The van der Waals surface area contributed by atoms with Crippen LogP contribution in [0.15, 0.2) is 67.1 Å². The second-order valence-corrected chi connectivity index (χ2v) is 17.0. The molecule has 19 nitrogen and oxygen atoms in total. The van der Waals surface area contributed by atoms with Gasteiger partial charge in [0.2, 0.25) is 17.3 Å². The first-order valence-corrected chi connectivity index (χ1v) is 20.3. The summed E-state index contributed by atoms with van der Waals surface area (Å²) in [6.45, 7) is 3.67.